The largest absolute Gasteiger partial charge is 0.348 e. The quantitative estimate of drug-likeness (QED) is 0.774. The second-order valence-corrected chi connectivity index (χ2v) is 6.40. The number of hydrogen-bond donors (Lipinski definition) is 1. The van der Waals surface area contributed by atoms with E-state index in [1.165, 1.54) is 60.9 Å². The molecule has 0 radical (unpaired) electrons. The molecule has 0 bridgehead atoms. The lowest BCUT2D eigenvalue weighted by Crippen LogP contribution is -2.29. The summed E-state index contributed by atoms with van der Waals surface area (Å²) in [5.41, 5.74) is 1.33. The smallest absolute Gasteiger partial charge is 0.185 e. The van der Waals surface area contributed by atoms with E-state index in [0.29, 0.717) is 0 Å². The van der Waals surface area contributed by atoms with Crippen LogP contribution in [0.3, 0.4) is 0 Å². The van der Waals surface area contributed by atoms with Gasteiger partial charge in [-0.15, -0.1) is 11.3 Å². The normalized spacial score (nSPS) is 16.0. The van der Waals surface area contributed by atoms with Crippen molar-refractivity contribution < 1.29 is 0 Å². The van der Waals surface area contributed by atoms with Crippen LogP contribution in [-0.4, -0.2) is 24.6 Å². The number of nitrogens with one attached hydrogen (secondary N) is 1. The van der Waals surface area contributed by atoms with Crippen molar-refractivity contribution in [3.63, 3.8) is 0 Å². The number of anilines is 1. The Labute approximate surface area is 121 Å². The van der Waals surface area contributed by atoms with Crippen molar-refractivity contribution in [3.05, 3.63) is 10.6 Å². The molecule has 0 unspecified atom stereocenters. The highest BCUT2D eigenvalue weighted by molar-refractivity contribution is 7.15. The van der Waals surface area contributed by atoms with Gasteiger partial charge in [0.15, 0.2) is 5.13 Å². The van der Waals surface area contributed by atoms with E-state index in [2.05, 4.69) is 24.1 Å². The number of hydrogen-bond acceptors (Lipinski definition) is 4. The van der Waals surface area contributed by atoms with Crippen molar-refractivity contribution in [2.24, 2.45) is 0 Å². The standard InChI is InChI=1S/C15H27N3S/c1-3-8-13-14(12-16-9-4-2)19-15(17-13)18-10-6-5-7-11-18/h16H,3-12H2,1-2H3. The average Bonchev–Trinajstić information content (AvgIpc) is 2.84. The molecule has 0 aromatic carbocycles. The van der Waals surface area contributed by atoms with Gasteiger partial charge in [0.25, 0.3) is 0 Å². The third-order valence-electron chi connectivity index (χ3n) is 3.59. The van der Waals surface area contributed by atoms with Crippen molar-refractivity contribution in [1.82, 2.24) is 10.3 Å². The Bertz CT molecular complexity index is 369. The molecule has 19 heavy (non-hydrogen) atoms. The lowest BCUT2D eigenvalue weighted by Gasteiger charge is -2.25. The van der Waals surface area contributed by atoms with E-state index in [9.17, 15) is 0 Å². The van der Waals surface area contributed by atoms with Crippen LogP contribution >= 0.6 is 11.3 Å². The Kier molecular flexibility index (Phi) is 6.11. The van der Waals surface area contributed by atoms with Crippen LogP contribution in [0.25, 0.3) is 0 Å². The summed E-state index contributed by atoms with van der Waals surface area (Å²) in [6, 6.07) is 0. The van der Waals surface area contributed by atoms with Crippen molar-refractivity contribution in [2.75, 3.05) is 24.5 Å². The van der Waals surface area contributed by atoms with E-state index in [4.69, 9.17) is 4.98 Å². The van der Waals surface area contributed by atoms with E-state index in [1.54, 1.807) is 0 Å². The zero-order valence-corrected chi connectivity index (χ0v) is 13.2. The van der Waals surface area contributed by atoms with Gasteiger partial charge in [0.1, 0.15) is 0 Å². The SMILES string of the molecule is CCCNCc1sc(N2CCCCC2)nc1CCC. The topological polar surface area (TPSA) is 28.2 Å². The molecule has 2 rings (SSSR count). The first kappa shape index (κ1) is 14.8. The van der Waals surface area contributed by atoms with Gasteiger partial charge in [-0.3, -0.25) is 0 Å². The fraction of sp³-hybridized carbons (Fsp3) is 0.800. The molecule has 1 aromatic rings. The van der Waals surface area contributed by atoms with Crippen LogP contribution in [0.4, 0.5) is 5.13 Å². The molecule has 1 N–H and O–H groups in total. The summed E-state index contributed by atoms with van der Waals surface area (Å²) in [6.45, 7) is 8.94. The fourth-order valence-electron chi connectivity index (χ4n) is 2.54. The highest BCUT2D eigenvalue weighted by Crippen LogP contribution is 2.29. The molecule has 1 fully saturated rings. The summed E-state index contributed by atoms with van der Waals surface area (Å²) in [5.74, 6) is 0. The zero-order chi connectivity index (χ0) is 13.5. The number of thiazole rings is 1. The molecule has 3 nitrogen and oxygen atoms in total. The summed E-state index contributed by atoms with van der Waals surface area (Å²) in [6.07, 6.45) is 7.53. The average molecular weight is 281 g/mol. The molecular weight excluding hydrogens is 254 g/mol. The molecule has 0 aliphatic carbocycles. The molecule has 1 aliphatic rings. The predicted octanol–water partition coefficient (Wildman–Crippen LogP) is 3.59. The van der Waals surface area contributed by atoms with Crippen LogP contribution in [0.1, 0.15) is 56.5 Å². The van der Waals surface area contributed by atoms with E-state index in [0.717, 1.165) is 19.5 Å². The van der Waals surface area contributed by atoms with Gasteiger partial charge in [0, 0.05) is 24.5 Å². The Hall–Kier alpha value is -0.610. The minimum absolute atomic E-state index is 0.995. The van der Waals surface area contributed by atoms with Crippen molar-refractivity contribution in [2.45, 2.75) is 58.9 Å². The number of nitrogens with zero attached hydrogens (tertiary/aromatic N) is 2. The molecular formula is C15H27N3S. The monoisotopic (exact) mass is 281 g/mol. The number of piperidine rings is 1. The molecule has 108 valence electrons. The maximum atomic E-state index is 4.91. The molecule has 0 saturated carbocycles. The molecule has 4 heteroatoms. The molecule has 1 aliphatic heterocycles. The number of aromatic nitrogens is 1. The second-order valence-electron chi connectivity index (χ2n) is 5.34. The van der Waals surface area contributed by atoms with E-state index >= 15 is 0 Å². The van der Waals surface area contributed by atoms with E-state index < -0.39 is 0 Å². The maximum Gasteiger partial charge on any atom is 0.185 e. The summed E-state index contributed by atoms with van der Waals surface area (Å²) >= 11 is 1.91. The van der Waals surface area contributed by atoms with Crippen LogP contribution in [0, 0.1) is 0 Å². The minimum Gasteiger partial charge on any atom is -0.348 e. The maximum absolute atomic E-state index is 4.91. The minimum atomic E-state index is 0.995. The first-order chi connectivity index (χ1) is 9.35. The second kappa shape index (κ2) is 7.85. The fourth-order valence-corrected chi connectivity index (χ4v) is 3.67. The Balaban J connectivity index is 2.04. The van der Waals surface area contributed by atoms with Crippen molar-refractivity contribution in [3.8, 4) is 0 Å². The van der Waals surface area contributed by atoms with Crippen LogP contribution in [0.5, 0.6) is 0 Å². The summed E-state index contributed by atoms with van der Waals surface area (Å²) in [4.78, 5) is 8.84. The van der Waals surface area contributed by atoms with Gasteiger partial charge in [-0.25, -0.2) is 4.98 Å². The van der Waals surface area contributed by atoms with Gasteiger partial charge < -0.3 is 10.2 Å². The summed E-state index contributed by atoms with van der Waals surface area (Å²) in [5, 5.41) is 4.78. The van der Waals surface area contributed by atoms with Gasteiger partial charge in [0.05, 0.1) is 5.69 Å². The molecule has 1 saturated heterocycles. The Morgan fingerprint density at radius 2 is 1.95 bits per heavy atom. The van der Waals surface area contributed by atoms with E-state index in [1.807, 2.05) is 11.3 Å². The Morgan fingerprint density at radius 3 is 2.63 bits per heavy atom. The number of aryl methyl sites for hydroxylation is 1. The number of rotatable bonds is 7. The predicted molar refractivity (Wildman–Crippen MR) is 84.2 cm³/mol. The molecule has 0 spiro atoms. The van der Waals surface area contributed by atoms with Gasteiger partial charge in [0.2, 0.25) is 0 Å². The summed E-state index contributed by atoms with van der Waals surface area (Å²) in [7, 11) is 0. The molecule has 2 heterocycles. The van der Waals surface area contributed by atoms with E-state index in [-0.39, 0.29) is 0 Å². The highest BCUT2D eigenvalue weighted by Gasteiger charge is 2.17. The van der Waals surface area contributed by atoms with Gasteiger partial charge >= 0.3 is 0 Å². The van der Waals surface area contributed by atoms with Gasteiger partial charge in [-0.1, -0.05) is 20.3 Å². The van der Waals surface area contributed by atoms with Crippen LogP contribution in [0.15, 0.2) is 0 Å². The zero-order valence-electron chi connectivity index (χ0n) is 12.4. The van der Waals surface area contributed by atoms with Gasteiger partial charge in [-0.2, -0.15) is 0 Å². The third-order valence-corrected chi connectivity index (χ3v) is 4.75. The van der Waals surface area contributed by atoms with Crippen LogP contribution < -0.4 is 10.2 Å². The van der Waals surface area contributed by atoms with Crippen LogP contribution in [-0.2, 0) is 13.0 Å². The third kappa shape index (κ3) is 4.18. The molecule has 1 aromatic heterocycles. The van der Waals surface area contributed by atoms with Crippen molar-refractivity contribution >= 4 is 16.5 Å². The lowest BCUT2D eigenvalue weighted by atomic mass is 10.1. The van der Waals surface area contributed by atoms with Crippen molar-refractivity contribution in [1.29, 1.82) is 0 Å². The van der Waals surface area contributed by atoms with Gasteiger partial charge in [-0.05, 0) is 38.6 Å². The molecule has 0 atom stereocenters. The first-order valence-electron chi connectivity index (χ1n) is 7.79. The summed E-state index contributed by atoms with van der Waals surface area (Å²) < 4.78 is 0. The van der Waals surface area contributed by atoms with Crippen LogP contribution in [0.2, 0.25) is 0 Å². The Morgan fingerprint density at radius 1 is 1.16 bits per heavy atom. The highest BCUT2D eigenvalue weighted by atomic mass is 32.1. The first-order valence-corrected chi connectivity index (χ1v) is 8.61. The lowest BCUT2D eigenvalue weighted by molar-refractivity contribution is 0.576. The molecule has 0 amide bonds.